The molecule has 0 N–H and O–H groups in total. The van der Waals surface area contributed by atoms with Gasteiger partial charge in [0.1, 0.15) is 5.82 Å². The fourth-order valence-corrected chi connectivity index (χ4v) is 1.61. The third kappa shape index (κ3) is 3.35. The number of allylic oxidation sites excluding steroid dienone is 1. The van der Waals surface area contributed by atoms with Crippen LogP contribution in [0.3, 0.4) is 0 Å². The van der Waals surface area contributed by atoms with Gasteiger partial charge in [-0.15, -0.1) is 0 Å². The first-order valence-electron chi connectivity index (χ1n) is 5.80. The highest BCUT2D eigenvalue weighted by Gasteiger charge is 2.11. The number of rotatable bonds is 3. The first-order valence-corrected chi connectivity index (χ1v) is 5.80. The number of hydrogen-bond donors (Lipinski definition) is 0. The normalized spacial score (nSPS) is 11.4. The zero-order chi connectivity index (χ0) is 13.8. The van der Waals surface area contributed by atoms with Crippen molar-refractivity contribution in [1.29, 1.82) is 0 Å². The molecular formula is C16H12F2O. The minimum absolute atomic E-state index is 0.127. The first-order chi connectivity index (χ1) is 9.06. The summed E-state index contributed by atoms with van der Waals surface area (Å²) in [6.07, 6.45) is 1.17. The quantitative estimate of drug-likeness (QED) is 0.591. The van der Waals surface area contributed by atoms with Crippen molar-refractivity contribution in [1.82, 2.24) is 0 Å². The maximum absolute atomic E-state index is 13.8. The van der Waals surface area contributed by atoms with Crippen molar-refractivity contribution in [2.45, 2.75) is 6.92 Å². The number of halogens is 2. The lowest BCUT2D eigenvalue weighted by molar-refractivity contribution is 0.101. The van der Waals surface area contributed by atoms with Crippen molar-refractivity contribution in [3.05, 3.63) is 76.9 Å². The van der Waals surface area contributed by atoms with E-state index >= 15 is 0 Å². The Labute approximate surface area is 110 Å². The fourth-order valence-electron chi connectivity index (χ4n) is 1.61. The van der Waals surface area contributed by atoms with E-state index in [1.165, 1.54) is 18.2 Å². The summed E-state index contributed by atoms with van der Waals surface area (Å²) in [5.74, 6) is -2.07. The first kappa shape index (κ1) is 13.1. The second-order valence-electron chi connectivity index (χ2n) is 4.24. The lowest BCUT2D eigenvalue weighted by Crippen LogP contribution is -1.99. The molecule has 2 aromatic carbocycles. The molecule has 0 spiro atoms. The summed E-state index contributed by atoms with van der Waals surface area (Å²) >= 11 is 0. The maximum atomic E-state index is 13.8. The molecule has 96 valence electrons. The van der Waals surface area contributed by atoms with Gasteiger partial charge in [-0.3, -0.25) is 4.79 Å². The third-order valence-corrected chi connectivity index (χ3v) is 2.69. The van der Waals surface area contributed by atoms with Crippen LogP contribution in [0.25, 0.3) is 6.08 Å². The van der Waals surface area contributed by atoms with Crippen molar-refractivity contribution >= 4 is 11.9 Å². The van der Waals surface area contributed by atoms with Crippen LogP contribution in [0, 0.1) is 12.7 Å². The van der Waals surface area contributed by atoms with Gasteiger partial charge in [-0.05, 0) is 42.8 Å². The van der Waals surface area contributed by atoms with E-state index < -0.39 is 17.4 Å². The molecule has 0 heterocycles. The summed E-state index contributed by atoms with van der Waals surface area (Å²) in [5, 5.41) is 0. The van der Waals surface area contributed by atoms with Crippen LogP contribution in [0.4, 0.5) is 8.78 Å². The molecule has 0 aliphatic heterocycles. The van der Waals surface area contributed by atoms with E-state index in [1.807, 2.05) is 19.1 Å². The predicted molar refractivity (Wildman–Crippen MR) is 71.0 cm³/mol. The van der Waals surface area contributed by atoms with Crippen molar-refractivity contribution in [2.24, 2.45) is 0 Å². The zero-order valence-corrected chi connectivity index (χ0v) is 10.4. The molecular weight excluding hydrogens is 246 g/mol. The third-order valence-electron chi connectivity index (χ3n) is 2.69. The molecule has 0 amide bonds. The van der Waals surface area contributed by atoms with Crippen LogP contribution in [-0.4, -0.2) is 5.78 Å². The van der Waals surface area contributed by atoms with Gasteiger partial charge in [0.2, 0.25) is 5.78 Å². The molecule has 0 unspecified atom stereocenters. The Hall–Kier alpha value is -2.29. The Balaban J connectivity index is 2.23. The van der Waals surface area contributed by atoms with Crippen LogP contribution in [0.15, 0.2) is 54.4 Å². The molecule has 1 nitrogen and oxygen atoms in total. The van der Waals surface area contributed by atoms with Crippen molar-refractivity contribution in [3.63, 3.8) is 0 Å². The van der Waals surface area contributed by atoms with Gasteiger partial charge in [0, 0.05) is 5.56 Å². The highest BCUT2D eigenvalue weighted by atomic mass is 19.1. The number of carbonyl (C=O) groups excluding carboxylic acids is 1. The lowest BCUT2D eigenvalue weighted by atomic mass is 10.1. The Morgan fingerprint density at radius 1 is 1.00 bits per heavy atom. The zero-order valence-electron chi connectivity index (χ0n) is 10.4. The van der Waals surface area contributed by atoms with Gasteiger partial charge >= 0.3 is 0 Å². The number of aryl methyl sites for hydroxylation is 1. The molecule has 0 aromatic heterocycles. The Kier molecular flexibility index (Phi) is 3.85. The lowest BCUT2D eigenvalue weighted by Gasteiger charge is -1.99. The summed E-state index contributed by atoms with van der Waals surface area (Å²) in [6, 6.07) is 11.9. The van der Waals surface area contributed by atoms with Crippen LogP contribution in [0.2, 0.25) is 0 Å². The van der Waals surface area contributed by atoms with E-state index in [-0.39, 0.29) is 5.56 Å². The van der Waals surface area contributed by atoms with E-state index in [2.05, 4.69) is 0 Å². The smallest absolute Gasteiger partial charge is 0.221 e. The predicted octanol–water partition coefficient (Wildman–Crippen LogP) is 4.33. The van der Waals surface area contributed by atoms with E-state index in [0.717, 1.165) is 17.7 Å². The second-order valence-corrected chi connectivity index (χ2v) is 4.24. The molecule has 19 heavy (non-hydrogen) atoms. The number of Topliss-reactive ketones (excluding diaryl/α,β-unsaturated/α-hetero) is 1. The minimum atomic E-state index is -0.865. The van der Waals surface area contributed by atoms with Gasteiger partial charge in [0.05, 0.1) is 0 Å². The number of carbonyl (C=O) groups is 1. The molecule has 0 saturated carbocycles. The Bertz CT molecular complexity index is 610. The molecule has 0 radical (unpaired) electrons. The van der Waals surface area contributed by atoms with E-state index in [4.69, 9.17) is 0 Å². The molecule has 3 heteroatoms. The summed E-state index contributed by atoms with van der Waals surface area (Å²) in [6.45, 7) is 1.92. The van der Waals surface area contributed by atoms with Gasteiger partial charge in [-0.2, -0.15) is 0 Å². The summed E-state index contributed by atoms with van der Waals surface area (Å²) in [7, 11) is 0. The van der Waals surface area contributed by atoms with E-state index in [9.17, 15) is 13.6 Å². The molecule has 2 rings (SSSR count). The van der Waals surface area contributed by atoms with Crippen molar-refractivity contribution in [3.8, 4) is 0 Å². The Morgan fingerprint density at radius 2 is 1.58 bits per heavy atom. The molecule has 0 saturated heterocycles. The Morgan fingerprint density at radius 3 is 2.16 bits per heavy atom. The van der Waals surface area contributed by atoms with Gasteiger partial charge in [0.25, 0.3) is 0 Å². The monoisotopic (exact) mass is 258 g/mol. The van der Waals surface area contributed by atoms with Crippen molar-refractivity contribution in [2.75, 3.05) is 0 Å². The molecule has 0 aliphatic carbocycles. The molecule has 2 aromatic rings. The largest absolute Gasteiger partial charge is 0.286 e. The number of hydrogen-bond acceptors (Lipinski definition) is 1. The molecule has 0 fully saturated rings. The van der Waals surface area contributed by atoms with Gasteiger partial charge < -0.3 is 0 Å². The summed E-state index contributed by atoms with van der Waals surface area (Å²) < 4.78 is 26.5. The number of ketones is 1. The standard InChI is InChI=1S/C16H12F2O/c1-11-2-4-12(5-3-11)10-15(18)16(19)13-6-8-14(17)9-7-13/h2-10H,1H3/b15-10-. The number of benzene rings is 2. The van der Waals surface area contributed by atoms with E-state index in [1.54, 1.807) is 12.1 Å². The average Bonchev–Trinajstić information content (AvgIpc) is 2.41. The highest BCUT2D eigenvalue weighted by molar-refractivity contribution is 6.09. The maximum Gasteiger partial charge on any atom is 0.221 e. The van der Waals surface area contributed by atoms with Crippen LogP contribution in [-0.2, 0) is 0 Å². The van der Waals surface area contributed by atoms with Gasteiger partial charge in [0.15, 0.2) is 5.83 Å². The van der Waals surface area contributed by atoms with Crippen LogP contribution < -0.4 is 0 Å². The van der Waals surface area contributed by atoms with Crippen LogP contribution >= 0.6 is 0 Å². The van der Waals surface area contributed by atoms with Crippen molar-refractivity contribution < 1.29 is 13.6 Å². The topological polar surface area (TPSA) is 17.1 Å². The molecule has 0 atom stereocenters. The van der Waals surface area contributed by atoms with Crippen LogP contribution in [0.1, 0.15) is 21.5 Å². The van der Waals surface area contributed by atoms with Gasteiger partial charge in [-0.25, -0.2) is 8.78 Å². The van der Waals surface area contributed by atoms with E-state index in [0.29, 0.717) is 5.56 Å². The second kappa shape index (κ2) is 5.57. The van der Waals surface area contributed by atoms with Gasteiger partial charge in [-0.1, -0.05) is 29.8 Å². The highest BCUT2D eigenvalue weighted by Crippen LogP contribution is 2.15. The molecule has 0 aliphatic rings. The fraction of sp³-hybridized carbons (Fsp3) is 0.0625. The average molecular weight is 258 g/mol. The summed E-state index contributed by atoms with van der Waals surface area (Å²) in [4.78, 5) is 11.8. The minimum Gasteiger partial charge on any atom is -0.286 e. The van der Waals surface area contributed by atoms with Crippen LogP contribution in [0.5, 0.6) is 0 Å². The SMILES string of the molecule is Cc1ccc(/C=C(\F)C(=O)c2ccc(F)cc2)cc1. The molecule has 0 bridgehead atoms. The summed E-state index contributed by atoms with van der Waals surface area (Å²) in [5.41, 5.74) is 1.79.